The van der Waals surface area contributed by atoms with E-state index in [2.05, 4.69) is 28.9 Å². The van der Waals surface area contributed by atoms with E-state index >= 15 is 0 Å². The molecule has 0 saturated heterocycles. The summed E-state index contributed by atoms with van der Waals surface area (Å²) in [6.07, 6.45) is 2.06. The predicted octanol–water partition coefficient (Wildman–Crippen LogP) is 1.67. The standard InChI is InChI=1S/C11H18N4S/c1-9(8-16-2)13-11(15-12)14-10-6-4-3-5-7-10/h3-7,9H,8,12H2,1-2H3,(H2,13,14,15). The van der Waals surface area contributed by atoms with E-state index in [9.17, 15) is 0 Å². The molecule has 0 bridgehead atoms. The summed E-state index contributed by atoms with van der Waals surface area (Å²) in [5.41, 5.74) is 3.54. The second-order valence-electron chi connectivity index (χ2n) is 3.42. The topological polar surface area (TPSA) is 62.4 Å². The van der Waals surface area contributed by atoms with Crippen LogP contribution in [-0.2, 0) is 0 Å². The number of rotatable bonds is 4. The molecule has 4 nitrogen and oxygen atoms in total. The minimum atomic E-state index is 0.234. The number of nitrogens with zero attached hydrogens (tertiary/aromatic N) is 1. The number of benzene rings is 1. The van der Waals surface area contributed by atoms with Crippen LogP contribution < -0.4 is 16.6 Å². The maximum Gasteiger partial charge on any atom is 0.210 e. The molecular formula is C11H18N4S. The van der Waals surface area contributed by atoms with Gasteiger partial charge in [0.1, 0.15) is 0 Å². The highest BCUT2D eigenvalue weighted by atomic mass is 32.2. The van der Waals surface area contributed by atoms with Gasteiger partial charge in [-0.1, -0.05) is 18.2 Å². The van der Waals surface area contributed by atoms with Crippen molar-refractivity contribution in [1.29, 1.82) is 0 Å². The van der Waals surface area contributed by atoms with Crippen molar-refractivity contribution in [1.82, 2.24) is 5.43 Å². The number of aliphatic imine (C=N–C) groups is 1. The Kier molecular flexibility index (Phi) is 5.74. The monoisotopic (exact) mass is 238 g/mol. The van der Waals surface area contributed by atoms with Crippen molar-refractivity contribution in [2.45, 2.75) is 13.0 Å². The summed E-state index contributed by atoms with van der Waals surface area (Å²) >= 11 is 1.77. The molecule has 1 rings (SSSR count). The van der Waals surface area contributed by atoms with E-state index in [1.165, 1.54) is 0 Å². The van der Waals surface area contributed by atoms with Crippen molar-refractivity contribution in [3.8, 4) is 0 Å². The Morgan fingerprint density at radius 1 is 1.44 bits per heavy atom. The first kappa shape index (κ1) is 12.9. The third-order valence-electron chi connectivity index (χ3n) is 1.93. The lowest BCUT2D eigenvalue weighted by atomic mass is 10.3. The SMILES string of the molecule is CSCC(C)N=C(NN)Nc1ccccc1. The molecule has 1 aromatic carbocycles. The highest BCUT2D eigenvalue weighted by Gasteiger charge is 2.01. The maximum atomic E-state index is 5.41. The van der Waals surface area contributed by atoms with Crippen LogP contribution >= 0.6 is 11.8 Å². The number of nitrogens with one attached hydrogen (secondary N) is 2. The van der Waals surface area contributed by atoms with Crippen molar-refractivity contribution in [2.75, 3.05) is 17.3 Å². The van der Waals surface area contributed by atoms with Crippen LogP contribution in [0.25, 0.3) is 0 Å². The van der Waals surface area contributed by atoms with Gasteiger partial charge in [-0.3, -0.25) is 5.43 Å². The Balaban J connectivity index is 2.61. The van der Waals surface area contributed by atoms with Gasteiger partial charge in [0.05, 0.1) is 6.04 Å². The van der Waals surface area contributed by atoms with Gasteiger partial charge in [-0.2, -0.15) is 11.8 Å². The fraction of sp³-hybridized carbons (Fsp3) is 0.364. The molecule has 4 N–H and O–H groups in total. The summed E-state index contributed by atoms with van der Waals surface area (Å²) in [6.45, 7) is 2.06. The summed E-state index contributed by atoms with van der Waals surface area (Å²) in [4.78, 5) is 4.43. The third-order valence-corrected chi connectivity index (χ3v) is 2.75. The Morgan fingerprint density at radius 2 is 2.12 bits per heavy atom. The number of nitrogens with two attached hydrogens (primary N) is 1. The highest BCUT2D eigenvalue weighted by Crippen LogP contribution is 2.05. The van der Waals surface area contributed by atoms with E-state index in [-0.39, 0.29) is 6.04 Å². The zero-order valence-corrected chi connectivity index (χ0v) is 10.4. The number of anilines is 1. The van der Waals surface area contributed by atoms with Crippen molar-refractivity contribution < 1.29 is 0 Å². The van der Waals surface area contributed by atoms with Crippen LogP contribution in [0.1, 0.15) is 6.92 Å². The predicted molar refractivity (Wildman–Crippen MR) is 72.7 cm³/mol. The lowest BCUT2D eigenvalue weighted by molar-refractivity contribution is 0.831. The fourth-order valence-corrected chi connectivity index (χ4v) is 1.82. The first-order valence-electron chi connectivity index (χ1n) is 5.11. The molecule has 0 aromatic heterocycles. The van der Waals surface area contributed by atoms with Gasteiger partial charge in [-0.05, 0) is 25.3 Å². The second-order valence-corrected chi connectivity index (χ2v) is 4.33. The van der Waals surface area contributed by atoms with Crippen LogP contribution in [0.4, 0.5) is 5.69 Å². The van der Waals surface area contributed by atoms with Gasteiger partial charge in [0.2, 0.25) is 5.96 Å². The number of hydrogen-bond acceptors (Lipinski definition) is 3. The molecule has 1 unspecified atom stereocenters. The summed E-state index contributed by atoms with van der Waals surface area (Å²) in [7, 11) is 0. The Bertz CT molecular complexity index is 326. The number of thioether (sulfide) groups is 1. The Hall–Kier alpha value is -1.20. The molecule has 0 saturated carbocycles. The van der Waals surface area contributed by atoms with Crippen LogP contribution in [0.5, 0.6) is 0 Å². The fourth-order valence-electron chi connectivity index (χ4n) is 1.26. The zero-order valence-electron chi connectivity index (χ0n) is 9.60. The molecule has 5 heteroatoms. The number of guanidine groups is 1. The first-order chi connectivity index (χ1) is 7.76. The van der Waals surface area contributed by atoms with Gasteiger partial charge in [-0.15, -0.1) is 0 Å². The molecule has 0 heterocycles. The number of para-hydroxylation sites is 1. The van der Waals surface area contributed by atoms with E-state index in [0.29, 0.717) is 5.96 Å². The van der Waals surface area contributed by atoms with E-state index in [4.69, 9.17) is 5.84 Å². The minimum Gasteiger partial charge on any atom is -0.325 e. The molecule has 1 atom stereocenters. The average Bonchev–Trinajstić information content (AvgIpc) is 2.30. The van der Waals surface area contributed by atoms with Gasteiger partial charge >= 0.3 is 0 Å². The lowest BCUT2D eigenvalue weighted by Crippen LogP contribution is -2.37. The van der Waals surface area contributed by atoms with E-state index in [1.807, 2.05) is 30.3 Å². The minimum absolute atomic E-state index is 0.234. The Morgan fingerprint density at radius 3 is 2.69 bits per heavy atom. The van der Waals surface area contributed by atoms with Crippen molar-refractivity contribution in [3.05, 3.63) is 30.3 Å². The summed E-state index contributed by atoms with van der Waals surface area (Å²) in [5.74, 6) is 6.98. The number of hydrazine groups is 1. The highest BCUT2D eigenvalue weighted by molar-refractivity contribution is 7.98. The molecule has 0 fully saturated rings. The van der Waals surface area contributed by atoms with Gasteiger partial charge in [-0.25, -0.2) is 10.8 Å². The van der Waals surface area contributed by atoms with Crippen molar-refractivity contribution in [2.24, 2.45) is 10.8 Å². The van der Waals surface area contributed by atoms with Crippen molar-refractivity contribution >= 4 is 23.4 Å². The zero-order chi connectivity index (χ0) is 11.8. The van der Waals surface area contributed by atoms with Crippen LogP contribution in [0.2, 0.25) is 0 Å². The van der Waals surface area contributed by atoms with Gasteiger partial charge in [0.25, 0.3) is 0 Å². The molecule has 0 radical (unpaired) electrons. The van der Waals surface area contributed by atoms with E-state index in [0.717, 1.165) is 11.4 Å². The van der Waals surface area contributed by atoms with Gasteiger partial charge < -0.3 is 5.32 Å². The largest absolute Gasteiger partial charge is 0.325 e. The molecule has 0 amide bonds. The van der Waals surface area contributed by atoms with Crippen LogP contribution in [0, 0.1) is 0 Å². The smallest absolute Gasteiger partial charge is 0.210 e. The molecule has 16 heavy (non-hydrogen) atoms. The first-order valence-corrected chi connectivity index (χ1v) is 6.51. The van der Waals surface area contributed by atoms with Crippen LogP contribution in [0.3, 0.4) is 0 Å². The Labute approximate surface area is 101 Å². The molecular weight excluding hydrogens is 220 g/mol. The molecule has 0 aliphatic rings. The molecule has 88 valence electrons. The lowest BCUT2D eigenvalue weighted by Gasteiger charge is -2.11. The normalized spacial score (nSPS) is 13.3. The quantitative estimate of drug-likeness (QED) is 0.323. The summed E-state index contributed by atoms with van der Waals surface area (Å²) in [6, 6.07) is 10.0. The summed E-state index contributed by atoms with van der Waals surface area (Å²) in [5, 5.41) is 3.12. The maximum absolute atomic E-state index is 5.41. The van der Waals surface area contributed by atoms with E-state index < -0.39 is 0 Å². The second kappa shape index (κ2) is 7.14. The van der Waals surface area contributed by atoms with Crippen molar-refractivity contribution in [3.63, 3.8) is 0 Å². The molecule has 0 spiro atoms. The van der Waals surface area contributed by atoms with Gasteiger partial charge in [0.15, 0.2) is 0 Å². The molecule has 1 aromatic rings. The average molecular weight is 238 g/mol. The van der Waals surface area contributed by atoms with E-state index in [1.54, 1.807) is 11.8 Å². The third kappa shape index (κ3) is 4.55. The summed E-state index contributed by atoms with van der Waals surface area (Å²) < 4.78 is 0. The molecule has 0 aliphatic heterocycles. The molecule has 0 aliphatic carbocycles. The van der Waals surface area contributed by atoms with Crippen LogP contribution in [-0.4, -0.2) is 24.0 Å². The van der Waals surface area contributed by atoms with Gasteiger partial charge in [0, 0.05) is 11.4 Å². The number of hydrogen-bond donors (Lipinski definition) is 3. The van der Waals surface area contributed by atoms with Crippen LogP contribution in [0.15, 0.2) is 35.3 Å².